The van der Waals surface area contributed by atoms with Crippen LogP contribution in [0.2, 0.25) is 0 Å². The van der Waals surface area contributed by atoms with E-state index in [1.807, 2.05) is 32.7 Å². The van der Waals surface area contributed by atoms with Crippen molar-refractivity contribution < 1.29 is 27.9 Å². The summed E-state index contributed by atoms with van der Waals surface area (Å²) in [5.41, 5.74) is 15.5. The summed E-state index contributed by atoms with van der Waals surface area (Å²) >= 11 is 0.971. The van der Waals surface area contributed by atoms with Gasteiger partial charge in [-0.25, -0.2) is 13.8 Å². The van der Waals surface area contributed by atoms with Gasteiger partial charge in [-0.3, -0.25) is 4.79 Å². The fourth-order valence-electron chi connectivity index (χ4n) is 3.64. The van der Waals surface area contributed by atoms with E-state index in [0.29, 0.717) is 38.0 Å². The van der Waals surface area contributed by atoms with Crippen molar-refractivity contribution in [2.24, 2.45) is 22.4 Å². The van der Waals surface area contributed by atoms with E-state index in [4.69, 9.17) is 25.8 Å². The SMILES string of the molecule is CC.CC.COC1=CNC(C(F)F)C=C1c1cc(ONN2CCOCC2)ccc1C(=O)N=C(N)SC(N)C#CC1CC1. The van der Waals surface area contributed by atoms with Crippen LogP contribution in [0.1, 0.15) is 56.5 Å². The van der Waals surface area contributed by atoms with E-state index >= 15 is 0 Å². The minimum atomic E-state index is -2.69. The van der Waals surface area contributed by atoms with Crippen molar-refractivity contribution in [1.82, 2.24) is 15.9 Å². The Morgan fingerprint density at radius 1 is 1.24 bits per heavy atom. The van der Waals surface area contributed by atoms with Crippen molar-refractivity contribution in [2.75, 3.05) is 33.4 Å². The lowest BCUT2D eigenvalue weighted by atomic mass is 9.94. The van der Waals surface area contributed by atoms with Crippen molar-refractivity contribution in [2.45, 2.75) is 58.4 Å². The maximum absolute atomic E-state index is 13.6. The molecule has 1 amide bonds. The molecule has 1 aromatic carbocycles. The summed E-state index contributed by atoms with van der Waals surface area (Å²) in [6.07, 6.45) is 2.08. The summed E-state index contributed by atoms with van der Waals surface area (Å²) in [6.45, 7) is 10.3. The zero-order valence-electron chi connectivity index (χ0n) is 24.8. The van der Waals surface area contributed by atoms with Crippen LogP contribution >= 0.6 is 11.8 Å². The number of amidine groups is 1. The summed E-state index contributed by atoms with van der Waals surface area (Å²) < 4.78 is 37.8. The van der Waals surface area contributed by atoms with E-state index in [2.05, 4.69) is 27.7 Å². The first-order valence-corrected chi connectivity index (χ1v) is 14.9. The fraction of sp³-hybridized carbons (Fsp3) is 0.517. The third-order valence-corrected chi connectivity index (χ3v) is 6.50. The molecule has 13 heteroatoms. The van der Waals surface area contributed by atoms with Gasteiger partial charge in [-0.1, -0.05) is 56.9 Å². The van der Waals surface area contributed by atoms with Gasteiger partial charge in [0.15, 0.2) is 5.17 Å². The topological polar surface area (TPSA) is 136 Å². The van der Waals surface area contributed by atoms with E-state index in [0.717, 1.165) is 24.6 Å². The molecule has 2 unspecified atom stereocenters. The van der Waals surface area contributed by atoms with Crippen LogP contribution in [0.25, 0.3) is 5.57 Å². The van der Waals surface area contributed by atoms with Gasteiger partial charge < -0.3 is 31.1 Å². The van der Waals surface area contributed by atoms with Crippen molar-refractivity contribution in [3.05, 3.63) is 47.4 Å². The molecule has 42 heavy (non-hydrogen) atoms. The minimum Gasteiger partial charge on any atom is -0.495 e. The number of dihydropyridines is 1. The first-order chi connectivity index (χ1) is 20.3. The first-order valence-electron chi connectivity index (χ1n) is 14.1. The number of nitrogens with one attached hydrogen (secondary N) is 2. The zero-order valence-corrected chi connectivity index (χ0v) is 25.6. The molecule has 6 N–H and O–H groups in total. The first kappa shape index (κ1) is 35.0. The number of nitrogens with two attached hydrogens (primary N) is 2. The number of carbonyl (C=O) groups is 1. The molecule has 2 heterocycles. The summed E-state index contributed by atoms with van der Waals surface area (Å²) in [6, 6.07) is 3.34. The third kappa shape index (κ3) is 10.9. The number of aliphatic imine (C=N–C) groups is 1. The van der Waals surface area contributed by atoms with E-state index < -0.39 is 23.7 Å². The molecular weight excluding hydrogens is 566 g/mol. The predicted molar refractivity (Wildman–Crippen MR) is 163 cm³/mol. The van der Waals surface area contributed by atoms with Crippen molar-refractivity contribution in [3.63, 3.8) is 0 Å². The molecule has 2 atom stereocenters. The average Bonchev–Trinajstić information content (AvgIpc) is 3.85. The van der Waals surface area contributed by atoms with Crippen molar-refractivity contribution in [3.8, 4) is 17.6 Å². The number of amides is 1. The number of nitrogens with zero attached hydrogens (tertiary/aromatic N) is 2. The lowest BCUT2D eigenvalue weighted by molar-refractivity contribution is -0.0614. The number of carbonyl (C=O) groups excluding carboxylic acids is 1. The summed E-state index contributed by atoms with van der Waals surface area (Å²) in [5, 5.41) is 3.74. The van der Waals surface area contributed by atoms with Crippen LogP contribution in [0.3, 0.4) is 0 Å². The van der Waals surface area contributed by atoms with Crippen LogP contribution in [0.4, 0.5) is 8.78 Å². The molecule has 3 aliphatic rings. The second-order valence-electron chi connectivity index (χ2n) is 8.68. The van der Waals surface area contributed by atoms with Crippen LogP contribution in [-0.4, -0.2) is 67.3 Å². The highest BCUT2D eigenvalue weighted by molar-refractivity contribution is 8.14. The second-order valence-corrected chi connectivity index (χ2v) is 9.84. The predicted octanol–water partition coefficient (Wildman–Crippen LogP) is 3.86. The number of hydrogen-bond acceptors (Lipinski definition) is 9. The summed E-state index contributed by atoms with van der Waals surface area (Å²) in [4.78, 5) is 22.9. The highest BCUT2D eigenvalue weighted by Crippen LogP contribution is 2.33. The lowest BCUT2D eigenvalue weighted by Gasteiger charge is -2.27. The number of benzene rings is 1. The Morgan fingerprint density at radius 3 is 2.55 bits per heavy atom. The van der Waals surface area contributed by atoms with E-state index in [9.17, 15) is 13.6 Å². The number of ether oxygens (including phenoxy) is 2. The van der Waals surface area contributed by atoms with Crippen LogP contribution in [0.15, 0.2) is 41.2 Å². The number of methoxy groups -OCH3 is 1. The van der Waals surface area contributed by atoms with Crippen LogP contribution in [-0.2, 0) is 9.47 Å². The minimum absolute atomic E-state index is 0.0555. The van der Waals surface area contributed by atoms with Gasteiger partial charge in [0.1, 0.15) is 22.9 Å². The molecule has 0 spiro atoms. The largest absolute Gasteiger partial charge is 0.495 e. The van der Waals surface area contributed by atoms with Gasteiger partial charge in [-0.2, -0.15) is 4.99 Å². The maximum Gasteiger partial charge on any atom is 0.280 e. The third-order valence-electron chi connectivity index (χ3n) is 5.79. The summed E-state index contributed by atoms with van der Waals surface area (Å²) in [5.74, 6) is 6.25. The Balaban J connectivity index is 0.00000148. The number of hydrogen-bond donors (Lipinski definition) is 4. The number of thioether (sulfide) groups is 1. The zero-order chi connectivity index (χ0) is 31.1. The molecule has 232 valence electrons. The molecular formula is C29H42F2N6O4S. The Hall–Kier alpha value is -3.15. The number of halogens is 2. The Bertz CT molecular complexity index is 1170. The lowest BCUT2D eigenvalue weighted by Crippen LogP contribution is -2.47. The fourth-order valence-corrected chi connectivity index (χ4v) is 4.16. The van der Waals surface area contributed by atoms with Crippen molar-refractivity contribution in [1.29, 1.82) is 0 Å². The van der Waals surface area contributed by atoms with Crippen molar-refractivity contribution >= 4 is 28.4 Å². The van der Waals surface area contributed by atoms with Gasteiger partial charge in [-0.15, -0.1) is 0 Å². The Labute approximate surface area is 251 Å². The highest BCUT2D eigenvalue weighted by atomic mass is 32.2. The average molecular weight is 609 g/mol. The van der Waals surface area contributed by atoms with E-state index in [-0.39, 0.29) is 27.6 Å². The number of morpholine rings is 1. The van der Waals surface area contributed by atoms with Gasteiger partial charge >= 0.3 is 0 Å². The molecule has 4 rings (SSSR count). The molecule has 0 bridgehead atoms. The van der Waals surface area contributed by atoms with Crippen LogP contribution in [0, 0.1) is 17.8 Å². The quantitative estimate of drug-likeness (QED) is 0.113. The van der Waals surface area contributed by atoms with Gasteiger partial charge in [0, 0.05) is 36.3 Å². The van der Waals surface area contributed by atoms with Gasteiger partial charge in [0.25, 0.3) is 12.3 Å². The monoisotopic (exact) mass is 608 g/mol. The number of allylic oxidation sites excluding steroid dienone is 1. The highest BCUT2D eigenvalue weighted by Gasteiger charge is 2.27. The van der Waals surface area contributed by atoms with Gasteiger partial charge in [0.2, 0.25) is 0 Å². The van der Waals surface area contributed by atoms with E-state index in [1.54, 1.807) is 12.1 Å². The standard InChI is InChI=1S/C25H30F2N6O4S.2C2H6/c1-35-21-14-30-20(23(26)27)13-19(21)18-12-16(37-32-33-8-10-36-11-9-33)5-6-17(18)24(34)31-25(29)38-22(28)7-4-15-2-3-15;2*1-2/h5-6,12-15,20,22-23,30,32H,2-3,8-11,28H2,1H3,(H2,29,31,34);2*1-2H3. The second kappa shape index (κ2) is 18.4. The van der Waals surface area contributed by atoms with Gasteiger partial charge in [0.05, 0.1) is 25.9 Å². The van der Waals surface area contributed by atoms with E-state index in [1.165, 1.54) is 25.5 Å². The van der Waals surface area contributed by atoms with Crippen LogP contribution in [0.5, 0.6) is 5.75 Å². The molecule has 0 radical (unpaired) electrons. The molecule has 2 aliphatic heterocycles. The Morgan fingerprint density at radius 2 is 1.93 bits per heavy atom. The van der Waals surface area contributed by atoms with Gasteiger partial charge in [-0.05, 0) is 37.1 Å². The number of alkyl halides is 2. The molecule has 0 aromatic heterocycles. The number of rotatable bonds is 8. The molecule has 1 saturated heterocycles. The maximum atomic E-state index is 13.6. The summed E-state index contributed by atoms with van der Waals surface area (Å²) in [7, 11) is 1.41. The molecule has 1 aromatic rings. The molecule has 2 fully saturated rings. The molecule has 10 nitrogen and oxygen atoms in total. The Kier molecular flexibility index (Phi) is 15.4. The molecule has 1 aliphatic carbocycles. The smallest absolute Gasteiger partial charge is 0.280 e. The number of hydrazine groups is 1. The van der Waals surface area contributed by atoms with Crippen LogP contribution < -0.4 is 27.2 Å². The normalized spacial score (nSPS) is 19.3. The molecule has 1 saturated carbocycles.